The second-order valence-corrected chi connectivity index (χ2v) is 5.54. The highest BCUT2D eigenvalue weighted by molar-refractivity contribution is 5.95. The first-order chi connectivity index (χ1) is 11.1. The average molecular weight is 310 g/mol. The van der Waals surface area contributed by atoms with E-state index >= 15 is 0 Å². The van der Waals surface area contributed by atoms with Crippen LogP contribution < -0.4 is 10.2 Å². The molecule has 2 aromatic heterocycles. The minimum absolute atomic E-state index is 0.0884. The number of hydrogen-bond acceptors (Lipinski definition) is 4. The maximum Gasteiger partial charge on any atom is 0.227 e. The van der Waals surface area contributed by atoms with Crippen LogP contribution in [0.3, 0.4) is 0 Å². The van der Waals surface area contributed by atoms with E-state index in [1.54, 1.807) is 36.7 Å². The lowest BCUT2D eigenvalue weighted by Gasteiger charge is -2.24. The van der Waals surface area contributed by atoms with E-state index in [0.29, 0.717) is 12.8 Å². The minimum atomic E-state index is 0.0884. The first-order valence-electron chi connectivity index (χ1n) is 7.57. The predicted molar refractivity (Wildman–Crippen MR) is 87.2 cm³/mol. The molecule has 2 aliphatic rings. The fourth-order valence-electron chi connectivity index (χ4n) is 2.69. The van der Waals surface area contributed by atoms with E-state index in [-0.39, 0.29) is 11.8 Å². The zero-order chi connectivity index (χ0) is 16.2. The number of carbonyl (C=O) groups excluding carboxylic acids is 2. The van der Waals surface area contributed by atoms with Gasteiger partial charge < -0.3 is 10.2 Å². The molecule has 6 nitrogen and oxygen atoms in total. The zero-order valence-electron chi connectivity index (χ0n) is 13.0. The van der Waals surface area contributed by atoms with Crippen LogP contribution in [-0.4, -0.2) is 28.8 Å². The lowest BCUT2D eigenvalue weighted by molar-refractivity contribution is -0.118. The Morgan fingerprint density at radius 3 is 2.48 bits per heavy atom. The lowest BCUT2D eigenvalue weighted by atomic mass is 10.0. The van der Waals surface area contributed by atoms with E-state index in [0.717, 1.165) is 24.2 Å². The molecule has 0 radical (unpaired) electrons. The van der Waals surface area contributed by atoms with Crippen molar-refractivity contribution in [1.29, 1.82) is 0 Å². The summed E-state index contributed by atoms with van der Waals surface area (Å²) in [6, 6.07) is 3.91. The molecule has 0 aliphatic carbocycles. The van der Waals surface area contributed by atoms with Crippen molar-refractivity contribution in [2.75, 3.05) is 17.3 Å². The van der Waals surface area contributed by atoms with Gasteiger partial charge in [-0.2, -0.15) is 0 Å². The molecule has 4 rings (SSSR count). The Hall–Kier alpha value is -2.76. The number of amides is 2. The van der Waals surface area contributed by atoms with Gasteiger partial charge in [0.25, 0.3) is 0 Å². The summed E-state index contributed by atoms with van der Waals surface area (Å²) >= 11 is 0. The van der Waals surface area contributed by atoms with E-state index in [1.807, 2.05) is 12.1 Å². The number of aryl methyl sites for hydroxylation is 2. The van der Waals surface area contributed by atoms with E-state index < -0.39 is 0 Å². The molecule has 6 heteroatoms. The molecule has 23 heavy (non-hydrogen) atoms. The molecule has 0 unspecified atom stereocenters. The average Bonchev–Trinajstić information content (AvgIpc) is 2.59. The van der Waals surface area contributed by atoms with Gasteiger partial charge in [0, 0.05) is 32.3 Å². The van der Waals surface area contributed by atoms with Gasteiger partial charge in [0.2, 0.25) is 11.8 Å². The van der Waals surface area contributed by atoms with Crippen LogP contribution in [-0.2, 0) is 22.4 Å². The number of pyridine rings is 2. The van der Waals surface area contributed by atoms with E-state index in [2.05, 4.69) is 15.3 Å². The van der Waals surface area contributed by atoms with Gasteiger partial charge in [-0.15, -0.1) is 0 Å². The van der Waals surface area contributed by atoms with Crippen molar-refractivity contribution in [1.82, 2.24) is 9.97 Å². The van der Waals surface area contributed by atoms with Crippen LogP contribution >= 0.6 is 0 Å². The van der Waals surface area contributed by atoms with Crippen molar-refractivity contribution in [3.8, 4) is 0 Å². The number of nitrogens with one attached hydrogen (secondary N) is 1. The second kappa shape index (κ2) is 6.56. The summed E-state index contributed by atoms with van der Waals surface area (Å²) in [5.41, 5.74) is 4.21. The molecule has 2 aliphatic heterocycles. The van der Waals surface area contributed by atoms with Crippen molar-refractivity contribution >= 4 is 23.2 Å². The molecule has 118 valence electrons. The van der Waals surface area contributed by atoms with Gasteiger partial charge in [-0.3, -0.25) is 19.6 Å². The predicted octanol–water partition coefficient (Wildman–Crippen LogP) is 1.96. The lowest BCUT2D eigenvalue weighted by Crippen LogP contribution is -2.31. The first kappa shape index (κ1) is 15.1. The Bertz CT molecular complexity index is 745. The Morgan fingerprint density at radius 1 is 0.957 bits per heavy atom. The summed E-state index contributed by atoms with van der Waals surface area (Å²) in [5, 5.41) is 2.76. The standard InChI is InChI=1S/C9H10N2O.C8H8N2O/c1-11-8-6-10-5-4-7(8)2-3-9(11)12;11-8-2-1-6-3-4-9-5-7(6)10-8/h4-6H,2-3H2,1H3;3-5H,1-2H2,(H,10,11). The Balaban J connectivity index is 0.000000136. The van der Waals surface area contributed by atoms with Crippen LogP contribution in [0.4, 0.5) is 11.4 Å². The van der Waals surface area contributed by atoms with Crippen LogP contribution in [0.25, 0.3) is 0 Å². The molecule has 0 saturated carbocycles. The van der Waals surface area contributed by atoms with Crippen molar-refractivity contribution in [3.63, 3.8) is 0 Å². The summed E-state index contributed by atoms with van der Waals surface area (Å²) in [4.78, 5) is 31.7. The third kappa shape index (κ3) is 3.36. The topological polar surface area (TPSA) is 75.2 Å². The maximum absolute atomic E-state index is 11.3. The summed E-state index contributed by atoms with van der Waals surface area (Å²) in [6.07, 6.45) is 9.84. The molecule has 0 spiro atoms. The molecule has 0 atom stereocenters. The molecule has 2 amide bonds. The third-order valence-electron chi connectivity index (χ3n) is 4.04. The largest absolute Gasteiger partial charge is 0.324 e. The van der Waals surface area contributed by atoms with Crippen LogP contribution in [0.5, 0.6) is 0 Å². The van der Waals surface area contributed by atoms with Crippen LogP contribution in [0.1, 0.15) is 24.0 Å². The van der Waals surface area contributed by atoms with Crippen LogP contribution in [0, 0.1) is 0 Å². The number of nitrogens with zero attached hydrogens (tertiary/aromatic N) is 3. The summed E-state index contributed by atoms with van der Waals surface area (Å²) < 4.78 is 0. The van der Waals surface area contributed by atoms with Crippen molar-refractivity contribution in [2.24, 2.45) is 0 Å². The van der Waals surface area contributed by atoms with E-state index in [4.69, 9.17) is 0 Å². The summed E-state index contributed by atoms with van der Waals surface area (Å²) in [7, 11) is 1.79. The number of anilines is 2. The smallest absolute Gasteiger partial charge is 0.227 e. The normalized spacial score (nSPS) is 15.8. The fraction of sp³-hybridized carbons (Fsp3) is 0.294. The van der Waals surface area contributed by atoms with Gasteiger partial charge in [-0.25, -0.2) is 0 Å². The van der Waals surface area contributed by atoms with Gasteiger partial charge >= 0.3 is 0 Å². The molecule has 4 heterocycles. The van der Waals surface area contributed by atoms with Gasteiger partial charge in [0.05, 0.1) is 23.8 Å². The Labute approximate surface area is 134 Å². The first-order valence-corrected chi connectivity index (χ1v) is 7.57. The third-order valence-corrected chi connectivity index (χ3v) is 4.04. The summed E-state index contributed by atoms with van der Waals surface area (Å²) in [6.45, 7) is 0. The second-order valence-electron chi connectivity index (χ2n) is 5.54. The highest BCUT2D eigenvalue weighted by atomic mass is 16.2. The highest BCUT2D eigenvalue weighted by Crippen LogP contribution is 2.24. The Kier molecular flexibility index (Phi) is 4.32. The van der Waals surface area contributed by atoms with Crippen LogP contribution in [0.2, 0.25) is 0 Å². The SMILES string of the molecule is CN1C(=O)CCc2ccncc21.O=C1CCc2ccncc2N1. The number of aromatic nitrogens is 2. The molecule has 0 saturated heterocycles. The minimum Gasteiger partial charge on any atom is -0.324 e. The number of hydrogen-bond donors (Lipinski definition) is 1. The van der Waals surface area contributed by atoms with Gasteiger partial charge in [-0.05, 0) is 36.1 Å². The molecule has 0 aromatic carbocycles. The molecule has 2 aromatic rings. The molecular weight excluding hydrogens is 292 g/mol. The zero-order valence-corrected chi connectivity index (χ0v) is 13.0. The van der Waals surface area contributed by atoms with Crippen molar-refractivity contribution in [3.05, 3.63) is 48.0 Å². The van der Waals surface area contributed by atoms with Crippen molar-refractivity contribution in [2.45, 2.75) is 25.7 Å². The summed E-state index contributed by atoms with van der Waals surface area (Å²) in [5.74, 6) is 0.265. The van der Waals surface area contributed by atoms with Crippen molar-refractivity contribution < 1.29 is 9.59 Å². The fourth-order valence-corrected chi connectivity index (χ4v) is 2.69. The van der Waals surface area contributed by atoms with E-state index in [1.165, 1.54) is 11.1 Å². The highest BCUT2D eigenvalue weighted by Gasteiger charge is 2.19. The molecule has 0 fully saturated rings. The quantitative estimate of drug-likeness (QED) is 0.807. The monoisotopic (exact) mass is 310 g/mol. The van der Waals surface area contributed by atoms with Gasteiger partial charge in [-0.1, -0.05) is 0 Å². The van der Waals surface area contributed by atoms with Crippen LogP contribution in [0.15, 0.2) is 36.9 Å². The maximum atomic E-state index is 11.3. The number of fused-ring (bicyclic) bond motifs is 2. The number of carbonyl (C=O) groups is 2. The Morgan fingerprint density at radius 2 is 1.65 bits per heavy atom. The number of rotatable bonds is 0. The van der Waals surface area contributed by atoms with E-state index in [9.17, 15) is 9.59 Å². The molecule has 1 N–H and O–H groups in total. The molecular formula is C17H18N4O2. The molecule has 0 bridgehead atoms. The van der Waals surface area contributed by atoms with Gasteiger partial charge in [0.15, 0.2) is 0 Å². The van der Waals surface area contributed by atoms with Gasteiger partial charge in [0.1, 0.15) is 0 Å².